The van der Waals surface area contributed by atoms with Crippen LogP contribution in [0, 0.1) is 11.3 Å². The van der Waals surface area contributed by atoms with Crippen molar-refractivity contribution in [2.24, 2.45) is 0 Å². The normalized spacial score (nSPS) is 9.60. The second-order valence-electron chi connectivity index (χ2n) is 2.93. The number of hydrogen-bond acceptors (Lipinski definition) is 3. The van der Waals surface area contributed by atoms with Crippen molar-refractivity contribution in [1.29, 1.82) is 5.26 Å². The lowest BCUT2D eigenvalue weighted by atomic mass is 10.1. The smallest absolute Gasteiger partial charge is 0.222 e. The highest BCUT2D eigenvalue weighted by Gasteiger charge is 2.00. The van der Waals surface area contributed by atoms with Crippen LogP contribution < -0.4 is 0 Å². The summed E-state index contributed by atoms with van der Waals surface area (Å²) in [6.45, 7) is 0. The number of benzene rings is 1. The van der Waals surface area contributed by atoms with Crippen molar-refractivity contribution in [3.63, 3.8) is 0 Å². The molecule has 0 radical (unpaired) electrons. The quantitative estimate of drug-likeness (QED) is 0.688. The molecule has 0 bridgehead atoms. The maximum absolute atomic E-state index is 8.75. The van der Waals surface area contributed by atoms with Gasteiger partial charge in [-0.2, -0.15) is 5.26 Å². The van der Waals surface area contributed by atoms with E-state index >= 15 is 0 Å². The van der Waals surface area contributed by atoms with Crippen LogP contribution in [0.5, 0.6) is 0 Å². The van der Waals surface area contributed by atoms with Gasteiger partial charge in [0, 0.05) is 18.0 Å². The topological polar surface area (TPSA) is 49.6 Å². The van der Waals surface area contributed by atoms with Crippen molar-refractivity contribution in [3.8, 4) is 17.2 Å². The number of hydrogen-bond donors (Lipinski definition) is 0. The molecule has 0 amide bonds. The molecule has 3 nitrogen and oxygen atoms in total. The van der Waals surface area contributed by atoms with Crippen LogP contribution in [-0.2, 0) is 0 Å². The molecule has 0 aliphatic heterocycles. The van der Waals surface area contributed by atoms with E-state index in [1.807, 2.05) is 12.1 Å². The minimum atomic E-state index is 0.218. The molecule has 2 rings (SSSR count). The predicted molar refractivity (Wildman–Crippen MR) is 57.2 cm³/mol. The average Bonchev–Trinajstić information content (AvgIpc) is 2.30. The fourth-order valence-electron chi connectivity index (χ4n) is 1.23. The van der Waals surface area contributed by atoms with E-state index in [-0.39, 0.29) is 5.28 Å². The van der Waals surface area contributed by atoms with Crippen LogP contribution in [0.1, 0.15) is 5.56 Å². The van der Waals surface area contributed by atoms with Crippen LogP contribution in [0.15, 0.2) is 36.7 Å². The summed E-state index contributed by atoms with van der Waals surface area (Å²) in [5.74, 6) is 0. The van der Waals surface area contributed by atoms with Crippen molar-refractivity contribution in [2.45, 2.75) is 0 Å². The second kappa shape index (κ2) is 4.07. The van der Waals surface area contributed by atoms with E-state index in [1.54, 1.807) is 24.5 Å². The van der Waals surface area contributed by atoms with Crippen molar-refractivity contribution in [2.75, 3.05) is 0 Å². The zero-order valence-electron chi connectivity index (χ0n) is 7.68. The Balaban J connectivity index is 2.46. The zero-order valence-corrected chi connectivity index (χ0v) is 8.44. The molecule has 1 aromatic heterocycles. The molecule has 0 spiro atoms. The first-order valence-corrected chi connectivity index (χ1v) is 4.65. The van der Waals surface area contributed by atoms with Gasteiger partial charge in [0.1, 0.15) is 0 Å². The Morgan fingerprint density at radius 1 is 1.13 bits per heavy atom. The molecule has 0 atom stereocenters. The van der Waals surface area contributed by atoms with Crippen LogP contribution >= 0.6 is 11.6 Å². The molecular formula is C11H6ClN3. The largest absolute Gasteiger partial charge is 0.226 e. The molecule has 0 aliphatic carbocycles. The molecule has 1 heterocycles. The molecule has 15 heavy (non-hydrogen) atoms. The summed E-state index contributed by atoms with van der Waals surface area (Å²) in [4.78, 5) is 7.76. The van der Waals surface area contributed by atoms with Crippen LogP contribution in [0.4, 0.5) is 0 Å². The summed E-state index contributed by atoms with van der Waals surface area (Å²) in [5.41, 5.74) is 2.37. The van der Waals surface area contributed by atoms with E-state index in [2.05, 4.69) is 16.0 Å². The fraction of sp³-hybridized carbons (Fsp3) is 0. The molecule has 2 aromatic rings. The minimum absolute atomic E-state index is 0.218. The van der Waals surface area contributed by atoms with Gasteiger partial charge in [-0.3, -0.25) is 0 Å². The Morgan fingerprint density at radius 3 is 2.53 bits per heavy atom. The van der Waals surface area contributed by atoms with Crippen molar-refractivity contribution in [1.82, 2.24) is 9.97 Å². The highest BCUT2D eigenvalue weighted by atomic mass is 35.5. The molecular weight excluding hydrogens is 210 g/mol. The summed E-state index contributed by atoms with van der Waals surface area (Å²) in [7, 11) is 0. The van der Waals surface area contributed by atoms with Gasteiger partial charge in [0.25, 0.3) is 0 Å². The van der Waals surface area contributed by atoms with E-state index in [9.17, 15) is 0 Å². The molecule has 0 saturated heterocycles. The molecule has 0 saturated carbocycles. The summed E-state index contributed by atoms with van der Waals surface area (Å²) in [6.07, 6.45) is 3.26. The molecule has 0 unspecified atom stereocenters. The number of rotatable bonds is 1. The third kappa shape index (κ3) is 2.12. The van der Waals surface area contributed by atoms with Gasteiger partial charge in [0.2, 0.25) is 5.28 Å². The first kappa shape index (κ1) is 9.63. The maximum Gasteiger partial charge on any atom is 0.222 e. The molecule has 0 aliphatic rings. The highest BCUT2D eigenvalue weighted by molar-refractivity contribution is 6.28. The Kier molecular flexibility index (Phi) is 2.61. The fourth-order valence-corrected chi connectivity index (χ4v) is 1.33. The third-order valence-corrected chi connectivity index (χ3v) is 2.14. The maximum atomic E-state index is 8.75. The van der Waals surface area contributed by atoms with E-state index in [0.717, 1.165) is 11.1 Å². The number of aromatic nitrogens is 2. The van der Waals surface area contributed by atoms with Gasteiger partial charge in [-0.1, -0.05) is 12.1 Å². The number of halogens is 1. The number of nitriles is 1. The summed E-state index contributed by atoms with van der Waals surface area (Å²) >= 11 is 5.58. The van der Waals surface area contributed by atoms with Gasteiger partial charge in [-0.15, -0.1) is 0 Å². The Bertz CT molecular complexity index is 514. The van der Waals surface area contributed by atoms with Gasteiger partial charge in [-0.05, 0) is 29.3 Å². The molecule has 0 fully saturated rings. The van der Waals surface area contributed by atoms with E-state index in [4.69, 9.17) is 16.9 Å². The lowest BCUT2D eigenvalue weighted by Gasteiger charge is -2.00. The Morgan fingerprint density at radius 2 is 1.87 bits per heavy atom. The lowest BCUT2D eigenvalue weighted by Crippen LogP contribution is -1.85. The van der Waals surface area contributed by atoms with Gasteiger partial charge < -0.3 is 0 Å². The van der Waals surface area contributed by atoms with Crippen molar-refractivity contribution >= 4 is 11.6 Å². The monoisotopic (exact) mass is 215 g/mol. The number of nitrogens with zero attached hydrogens (tertiary/aromatic N) is 3. The van der Waals surface area contributed by atoms with E-state index in [1.165, 1.54) is 0 Å². The standard InChI is InChI=1S/C11H6ClN3/c12-11-14-6-10(7-15-11)9-3-1-2-8(4-9)5-13/h1-4,6-7H. The summed E-state index contributed by atoms with van der Waals surface area (Å²) in [6, 6.07) is 9.33. The van der Waals surface area contributed by atoms with E-state index in [0.29, 0.717) is 5.56 Å². The van der Waals surface area contributed by atoms with Gasteiger partial charge in [0.15, 0.2) is 0 Å². The second-order valence-corrected chi connectivity index (χ2v) is 3.27. The summed E-state index contributed by atoms with van der Waals surface area (Å²) < 4.78 is 0. The summed E-state index contributed by atoms with van der Waals surface area (Å²) in [5, 5.41) is 8.97. The molecule has 0 N–H and O–H groups in total. The first-order chi connectivity index (χ1) is 7.29. The van der Waals surface area contributed by atoms with Crippen molar-refractivity contribution < 1.29 is 0 Å². The van der Waals surface area contributed by atoms with Crippen LogP contribution in [0.2, 0.25) is 5.28 Å². The van der Waals surface area contributed by atoms with Gasteiger partial charge in [-0.25, -0.2) is 9.97 Å². The predicted octanol–water partition coefficient (Wildman–Crippen LogP) is 2.67. The molecule has 72 valence electrons. The van der Waals surface area contributed by atoms with Crippen LogP contribution in [0.25, 0.3) is 11.1 Å². The molecule has 1 aromatic carbocycles. The van der Waals surface area contributed by atoms with Gasteiger partial charge >= 0.3 is 0 Å². The van der Waals surface area contributed by atoms with E-state index < -0.39 is 0 Å². The minimum Gasteiger partial charge on any atom is -0.226 e. The Hall–Kier alpha value is -1.92. The first-order valence-electron chi connectivity index (χ1n) is 4.27. The zero-order chi connectivity index (χ0) is 10.7. The molecule has 4 heteroatoms. The average molecular weight is 216 g/mol. The lowest BCUT2D eigenvalue weighted by molar-refractivity contribution is 1.17. The highest BCUT2D eigenvalue weighted by Crippen LogP contribution is 2.18. The van der Waals surface area contributed by atoms with Crippen LogP contribution in [-0.4, -0.2) is 9.97 Å². The van der Waals surface area contributed by atoms with Gasteiger partial charge in [0.05, 0.1) is 11.6 Å². The van der Waals surface area contributed by atoms with Crippen molar-refractivity contribution in [3.05, 3.63) is 47.5 Å². The Labute approximate surface area is 92.0 Å². The third-order valence-electron chi connectivity index (χ3n) is 1.95. The SMILES string of the molecule is N#Cc1cccc(-c2cnc(Cl)nc2)c1. The van der Waals surface area contributed by atoms with Crippen LogP contribution in [0.3, 0.4) is 0 Å².